The predicted octanol–water partition coefficient (Wildman–Crippen LogP) is 2.29. The molecule has 3 N–H and O–H groups in total. The van der Waals surface area contributed by atoms with E-state index in [9.17, 15) is 9.59 Å². The van der Waals surface area contributed by atoms with E-state index >= 15 is 0 Å². The summed E-state index contributed by atoms with van der Waals surface area (Å²) >= 11 is 0. The molecule has 0 saturated heterocycles. The number of primary amides is 1. The highest BCUT2D eigenvalue weighted by atomic mass is 16.2. The topological polar surface area (TPSA) is 77.1 Å². The van der Waals surface area contributed by atoms with Crippen molar-refractivity contribution in [2.75, 3.05) is 0 Å². The minimum Gasteiger partial charge on any atom is -0.368 e. The Labute approximate surface area is 140 Å². The molecule has 3 aromatic rings. The fourth-order valence-electron chi connectivity index (χ4n) is 2.87. The van der Waals surface area contributed by atoms with Crippen LogP contribution in [0.3, 0.4) is 0 Å². The van der Waals surface area contributed by atoms with E-state index in [1.807, 2.05) is 47.9 Å². The van der Waals surface area contributed by atoms with Gasteiger partial charge >= 0.3 is 0 Å². The standard InChI is InChI=1S/C19H19N3O2/c1-13-11-15-9-5-6-10-16(15)22(13)12-17(23)21-18(19(20)24)14-7-3-2-4-8-14/h2-11,18H,12H2,1H3,(H2,20,24)(H,21,23)/t18-/m0/s1. The van der Waals surface area contributed by atoms with E-state index in [-0.39, 0.29) is 12.5 Å². The van der Waals surface area contributed by atoms with E-state index < -0.39 is 11.9 Å². The van der Waals surface area contributed by atoms with Crippen LogP contribution in [0.5, 0.6) is 0 Å². The largest absolute Gasteiger partial charge is 0.368 e. The summed E-state index contributed by atoms with van der Waals surface area (Å²) in [6.07, 6.45) is 0. The zero-order valence-electron chi connectivity index (χ0n) is 13.4. The third-order valence-corrected chi connectivity index (χ3v) is 4.04. The van der Waals surface area contributed by atoms with E-state index in [1.165, 1.54) is 0 Å². The van der Waals surface area contributed by atoms with Crippen molar-refractivity contribution in [2.24, 2.45) is 5.73 Å². The number of hydrogen-bond acceptors (Lipinski definition) is 2. The Bertz CT molecular complexity index is 884. The maximum Gasteiger partial charge on any atom is 0.244 e. The van der Waals surface area contributed by atoms with E-state index in [2.05, 4.69) is 5.32 Å². The van der Waals surface area contributed by atoms with Gasteiger partial charge in [-0.05, 0) is 30.0 Å². The Hall–Kier alpha value is -3.08. The molecule has 0 unspecified atom stereocenters. The molecule has 24 heavy (non-hydrogen) atoms. The summed E-state index contributed by atoms with van der Waals surface area (Å²) in [5, 5.41) is 3.81. The molecule has 2 aromatic carbocycles. The Morgan fingerprint density at radius 2 is 1.75 bits per heavy atom. The molecule has 122 valence electrons. The number of carbonyl (C=O) groups excluding carboxylic acids is 2. The summed E-state index contributed by atoms with van der Waals surface area (Å²) in [5.74, 6) is -0.837. The smallest absolute Gasteiger partial charge is 0.244 e. The minimum absolute atomic E-state index is 0.135. The summed E-state index contributed by atoms with van der Waals surface area (Å²) in [4.78, 5) is 24.2. The molecule has 0 fully saturated rings. The lowest BCUT2D eigenvalue weighted by molar-refractivity contribution is -0.127. The second-order valence-electron chi connectivity index (χ2n) is 5.74. The molecule has 5 heteroatoms. The molecule has 1 heterocycles. The molecule has 1 aromatic heterocycles. The molecule has 0 saturated carbocycles. The SMILES string of the molecule is Cc1cc2ccccc2n1CC(=O)N[C@H](C(N)=O)c1ccccc1. The number of nitrogens with two attached hydrogens (primary N) is 1. The monoisotopic (exact) mass is 321 g/mol. The van der Waals surface area contributed by atoms with Crippen molar-refractivity contribution in [3.8, 4) is 0 Å². The van der Waals surface area contributed by atoms with Gasteiger partial charge in [0.05, 0.1) is 0 Å². The van der Waals surface area contributed by atoms with Gasteiger partial charge in [0.1, 0.15) is 12.6 Å². The van der Waals surface area contributed by atoms with Gasteiger partial charge in [-0.2, -0.15) is 0 Å². The summed E-state index contributed by atoms with van der Waals surface area (Å²) < 4.78 is 1.92. The van der Waals surface area contributed by atoms with Crippen molar-refractivity contribution in [1.29, 1.82) is 0 Å². The van der Waals surface area contributed by atoms with Crippen LogP contribution < -0.4 is 11.1 Å². The van der Waals surface area contributed by atoms with Gasteiger partial charge in [-0.15, -0.1) is 0 Å². The van der Waals surface area contributed by atoms with Gasteiger partial charge in [0.15, 0.2) is 0 Å². The zero-order chi connectivity index (χ0) is 17.1. The second kappa shape index (κ2) is 6.58. The fourth-order valence-corrected chi connectivity index (χ4v) is 2.87. The number of amides is 2. The van der Waals surface area contributed by atoms with Gasteiger partial charge in [-0.1, -0.05) is 48.5 Å². The van der Waals surface area contributed by atoms with Crippen LogP contribution in [-0.4, -0.2) is 16.4 Å². The molecule has 0 radical (unpaired) electrons. The first kappa shape index (κ1) is 15.8. The Morgan fingerprint density at radius 1 is 1.08 bits per heavy atom. The third-order valence-electron chi connectivity index (χ3n) is 4.04. The summed E-state index contributed by atoms with van der Waals surface area (Å²) in [7, 11) is 0. The molecule has 0 aliphatic rings. The van der Waals surface area contributed by atoms with Crippen molar-refractivity contribution in [2.45, 2.75) is 19.5 Å². The molecule has 3 rings (SSSR count). The van der Waals surface area contributed by atoms with Crippen molar-refractivity contribution in [3.63, 3.8) is 0 Å². The van der Waals surface area contributed by atoms with E-state index in [0.29, 0.717) is 5.56 Å². The van der Waals surface area contributed by atoms with E-state index in [1.54, 1.807) is 24.3 Å². The van der Waals surface area contributed by atoms with Crippen LogP contribution in [0.2, 0.25) is 0 Å². The average Bonchev–Trinajstić information content (AvgIpc) is 2.89. The van der Waals surface area contributed by atoms with Crippen LogP contribution in [-0.2, 0) is 16.1 Å². The summed E-state index contributed by atoms with van der Waals surface area (Å²) in [6, 6.07) is 18.1. The van der Waals surface area contributed by atoms with Gasteiger partial charge in [-0.3, -0.25) is 9.59 Å². The lowest BCUT2D eigenvalue weighted by atomic mass is 10.1. The summed E-state index contributed by atoms with van der Waals surface area (Å²) in [5.41, 5.74) is 8.10. The van der Waals surface area contributed by atoms with Crippen molar-refractivity contribution in [3.05, 3.63) is 71.9 Å². The van der Waals surface area contributed by atoms with Crippen LogP contribution in [0.4, 0.5) is 0 Å². The highest BCUT2D eigenvalue weighted by molar-refractivity contribution is 5.89. The van der Waals surface area contributed by atoms with E-state index in [0.717, 1.165) is 16.6 Å². The molecule has 0 bridgehead atoms. The highest BCUT2D eigenvalue weighted by Crippen LogP contribution is 2.19. The number of aromatic nitrogens is 1. The Morgan fingerprint density at radius 3 is 2.46 bits per heavy atom. The molecular weight excluding hydrogens is 302 g/mol. The number of carbonyl (C=O) groups is 2. The zero-order valence-corrected chi connectivity index (χ0v) is 13.4. The van der Waals surface area contributed by atoms with Gasteiger partial charge in [0, 0.05) is 11.2 Å². The van der Waals surface area contributed by atoms with Gasteiger partial charge in [-0.25, -0.2) is 0 Å². The average molecular weight is 321 g/mol. The van der Waals surface area contributed by atoms with Crippen LogP contribution in [0, 0.1) is 6.92 Å². The third kappa shape index (κ3) is 3.15. The lowest BCUT2D eigenvalue weighted by Gasteiger charge is -2.17. The number of fused-ring (bicyclic) bond motifs is 1. The minimum atomic E-state index is -0.833. The van der Waals surface area contributed by atoms with Gasteiger partial charge < -0.3 is 15.6 Å². The molecule has 2 amide bonds. The van der Waals surface area contributed by atoms with Crippen molar-refractivity contribution >= 4 is 22.7 Å². The number of aryl methyl sites for hydroxylation is 1. The number of rotatable bonds is 5. The number of nitrogens with zero attached hydrogens (tertiary/aromatic N) is 1. The number of para-hydroxylation sites is 1. The number of hydrogen-bond donors (Lipinski definition) is 2. The second-order valence-corrected chi connectivity index (χ2v) is 5.74. The maximum atomic E-state index is 12.5. The van der Waals surface area contributed by atoms with Crippen LogP contribution in [0.1, 0.15) is 17.3 Å². The van der Waals surface area contributed by atoms with Gasteiger partial charge in [0.25, 0.3) is 0 Å². The first-order chi connectivity index (χ1) is 11.6. The molecule has 0 aliphatic carbocycles. The number of nitrogens with one attached hydrogen (secondary N) is 1. The quantitative estimate of drug-likeness (QED) is 0.756. The fraction of sp³-hybridized carbons (Fsp3) is 0.158. The van der Waals surface area contributed by atoms with E-state index in [4.69, 9.17) is 5.73 Å². The first-order valence-electron chi connectivity index (χ1n) is 7.75. The lowest BCUT2D eigenvalue weighted by Crippen LogP contribution is -2.39. The Kier molecular flexibility index (Phi) is 4.33. The molecule has 1 atom stereocenters. The van der Waals surface area contributed by atoms with Crippen LogP contribution in [0.15, 0.2) is 60.7 Å². The van der Waals surface area contributed by atoms with Crippen molar-refractivity contribution < 1.29 is 9.59 Å². The van der Waals surface area contributed by atoms with Crippen molar-refractivity contribution in [1.82, 2.24) is 9.88 Å². The first-order valence-corrected chi connectivity index (χ1v) is 7.75. The predicted molar refractivity (Wildman–Crippen MR) is 93.2 cm³/mol. The summed E-state index contributed by atoms with van der Waals surface area (Å²) in [6.45, 7) is 2.09. The normalized spacial score (nSPS) is 12.0. The van der Waals surface area contributed by atoms with Gasteiger partial charge in [0.2, 0.25) is 11.8 Å². The maximum absolute atomic E-state index is 12.5. The molecular formula is C19H19N3O2. The Balaban J connectivity index is 1.81. The molecule has 0 spiro atoms. The highest BCUT2D eigenvalue weighted by Gasteiger charge is 2.20. The van der Waals surface area contributed by atoms with Crippen LogP contribution >= 0.6 is 0 Å². The molecule has 0 aliphatic heterocycles. The van der Waals surface area contributed by atoms with Crippen LogP contribution in [0.25, 0.3) is 10.9 Å². The number of benzene rings is 2. The molecule has 5 nitrogen and oxygen atoms in total.